The van der Waals surface area contributed by atoms with Gasteiger partial charge in [-0.05, 0) is 31.2 Å². The van der Waals surface area contributed by atoms with Crippen molar-refractivity contribution in [1.82, 2.24) is 14.6 Å². The van der Waals surface area contributed by atoms with Crippen molar-refractivity contribution in [2.24, 2.45) is 0 Å². The Morgan fingerprint density at radius 1 is 1.08 bits per heavy atom. The van der Waals surface area contributed by atoms with Crippen molar-refractivity contribution in [3.63, 3.8) is 0 Å². The third-order valence-corrected chi connectivity index (χ3v) is 3.55. The highest BCUT2D eigenvalue weighted by Gasteiger charge is 2.22. The van der Waals surface area contributed by atoms with E-state index in [1.807, 2.05) is 36.4 Å². The molecular formula is C18H14N4O3. The van der Waals surface area contributed by atoms with Crippen molar-refractivity contribution in [2.75, 3.05) is 5.32 Å². The Labute approximate surface area is 142 Å². The second-order valence-electron chi connectivity index (χ2n) is 5.33. The van der Waals surface area contributed by atoms with Gasteiger partial charge in [0.25, 0.3) is 5.91 Å². The van der Waals surface area contributed by atoms with E-state index >= 15 is 0 Å². The Morgan fingerprint density at radius 2 is 1.76 bits per heavy atom. The summed E-state index contributed by atoms with van der Waals surface area (Å²) in [7, 11) is 0. The summed E-state index contributed by atoms with van der Waals surface area (Å²) >= 11 is 0. The van der Waals surface area contributed by atoms with Gasteiger partial charge in [0.2, 0.25) is 0 Å². The number of hydrogen-bond acceptors (Lipinski definition) is 5. The number of ether oxygens (including phenoxy) is 1. The number of benzene rings is 2. The highest BCUT2D eigenvalue weighted by molar-refractivity contribution is 6.04. The van der Waals surface area contributed by atoms with E-state index in [2.05, 4.69) is 15.4 Å². The number of nitrogens with zero attached hydrogens (tertiary/aromatic N) is 3. The molecular weight excluding hydrogens is 320 g/mol. The quantitative estimate of drug-likeness (QED) is 0.616. The zero-order valence-corrected chi connectivity index (χ0v) is 13.3. The fourth-order valence-corrected chi connectivity index (χ4v) is 2.43. The fourth-order valence-electron chi connectivity index (χ4n) is 2.43. The SMILES string of the molecule is Cc1oc2nc(Oc3ccccc3)nn2c1C(=O)Nc1ccccc1. The molecule has 1 amide bonds. The summed E-state index contributed by atoms with van der Waals surface area (Å²) in [6, 6.07) is 18.4. The molecule has 4 aromatic rings. The maximum atomic E-state index is 12.6. The number of carbonyl (C=O) groups excluding carboxylic acids is 1. The van der Waals surface area contributed by atoms with Crippen LogP contribution in [-0.2, 0) is 0 Å². The Bertz CT molecular complexity index is 1020. The van der Waals surface area contributed by atoms with Gasteiger partial charge in [0.05, 0.1) is 0 Å². The number of oxazole rings is 1. The maximum Gasteiger partial charge on any atom is 0.344 e. The lowest BCUT2D eigenvalue weighted by atomic mass is 10.3. The molecule has 0 aliphatic carbocycles. The highest BCUT2D eigenvalue weighted by Crippen LogP contribution is 2.22. The minimum atomic E-state index is -0.335. The molecule has 2 aromatic carbocycles. The van der Waals surface area contributed by atoms with Crippen LogP contribution in [0.15, 0.2) is 65.1 Å². The van der Waals surface area contributed by atoms with Gasteiger partial charge >= 0.3 is 11.9 Å². The van der Waals surface area contributed by atoms with Gasteiger partial charge in [0.1, 0.15) is 11.5 Å². The molecule has 0 aliphatic heterocycles. The van der Waals surface area contributed by atoms with E-state index in [1.165, 1.54) is 4.52 Å². The number of rotatable bonds is 4. The molecule has 25 heavy (non-hydrogen) atoms. The predicted octanol–water partition coefficient (Wildman–Crippen LogP) is 3.68. The van der Waals surface area contributed by atoms with Crippen LogP contribution in [0.5, 0.6) is 11.8 Å². The second kappa shape index (κ2) is 6.12. The molecule has 0 aliphatic rings. The molecule has 7 nitrogen and oxygen atoms in total. The van der Waals surface area contributed by atoms with E-state index in [1.54, 1.807) is 31.2 Å². The van der Waals surface area contributed by atoms with Gasteiger partial charge in [0, 0.05) is 5.69 Å². The zero-order chi connectivity index (χ0) is 17.2. The number of carbonyl (C=O) groups is 1. The van der Waals surface area contributed by atoms with Gasteiger partial charge in [-0.3, -0.25) is 4.79 Å². The van der Waals surface area contributed by atoms with Crippen LogP contribution >= 0.6 is 0 Å². The molecule has 7 heteroatoms. The summed E-state index contributed by atoms with van der Waals surface area (Å²) in [4.78, 5) is 16.7. The Kier molecular flexibility index (Phi) is 3.66. The molecule has 2 aromatic heterocycles. The molecule has 0 fully saturated rings. The fraction of sp³-hybridized carbons (Fsp3) is 0.0556. The number of fused-ring (bicyclic) bond motifs is 1. The number of hydrogen-bond donors (Lipinski definition) is 1. The normalized spacial score (nSPS) is 10.8. The molecule has 0 saturated heterocycles. The third-order valence-electron chi connectivity index (χ3n) is 3.55. The van der Waals surface area contributed by atoms with Gasteiger partial charge < -0.3 is 14.5 Å². The van der Waals surface area contributed by atoms with Crippen molar-refractivity contribution < 1.29 is 13.9 Å². The van der Waals surface area contributed by atoms with Crippen LogP contribution in [0.3, 0.4) is 0 Å². The minimum absolute atomic E-state index is 0.110. The summed E-state index contributed by atoms with van der Waals surface area (Å²) in [5.74, 6) is 0.887. The molecule has 124 valence electrons. The van der Waals surface area contributed by atoms with E-state index in [9.17, 15) is 4.79 Å². The van der Waals surface area contributed by atoms with Gasteiger partial charge in [0.15, 0.2) is 5.69 Å². The first kappa shape index (κ1) is 14.9. The summed E-state index contributed by atoms with van der Waals surface area (Å²) < 4.78 is 12.4. The van der Waals surface area contributed by atoms with Gasteiger partial charge in [-0.25, -0.2) is 0 Å². The molecule has 4 rings (SSSR count). The lowest BCUT2D eigenvalue weighted by Crippen LogP contribution is -2.15. The maximum absolute atomic E-state index is 12.6. The van der Waals surface area contributed by atoms with Crippen molar-refractivity contribution in [2.45, 2.75) is 6.92 Å². The predicted molar refractivity (Wildman–Crippen MR) is 90.9 cm³/mol. The Hall–Kier alpha value is -3.61. The summed E-state index contributed by atoms with van der Waals surface area (Å²) in [5.41, 5.74) is 0.955. The number of amides is 1. The lowest BCUT2D eigenvalue weighted by molar-refractivity contribution is 0.101. The monoisotopic (exact) mass is 334 g/mol. The number of aryl methyl sites for hydroxylation is 1. The van der Waals surface area contributed by atoms with Crippen molar-refractivity contribution in [3.05, 3.63) is 72.1 Å². The average Bonchev–Trinajstić information content (AvgIpc) is 3.12. The van der Waals surface area contributed by atoms with Crippen molar-refractivity contribution in [3.8, 4) is 11.8 Å². The Morgan fingerprint density at radius 3 is 2.48 bits per heavy atom. The van der Waals surface area contributed by atoms with Crippen LogP contribution in [0.25, 0.3) is 5.84 Å². The molecule has 0 saturated carbocycles. The topological polar surface area (TPSA) is 81.7 Å². The van der Waals surface area contributed by atoms with Crippen LogP contribution in [0.2, 0.25) is 0 Å². The highest BCUT2D eigenvalue weighted by atomic mass is 16.5. The summed E-state index contributed by atoms with van der Waals surface area (Å²) in [6.07, 6.45) is 0. The van der Waals surface area contributed by atoms with E-state index in [0.717, 1.165) is 0 Å². The zero-order valence-electron chi connectivity index (χ0n) is 13.3. The average molecular weight is 334 g/mol. The molecule has 0 radical (unpaired) electrons. The van der Waals surface area contributed by atoms with Crippen LogP contribution in [0.4, 0.5) is 5.69 Å². The van der Waals surface area contributed by atoms with Gasteiger partial charge in [-0.15, -0.1) is 10.1 Å². The molecule has 1 N–H and O–H groups in total. The number of nitrogens with one attached hydrogen (secondary N) is 1. The molecule has 0 unspecified atom stereocenters. The van der Waals surface area contributed by atoms with E-state index < -0.39 is 0 Å². The van der Waals surface area contributed by atoms with E-state index in [4.69, 9.17) is 9.15 Å². The molecule has 0 bridgehead atoms. The van der Waals surface area contributed by atoms with Crippen molar-refractivity contribution >= 4 is 17.4 Å². The lowest BCUT2D eigenvalue weighted by Gasteiger charge is -2.03. The number of anilines is 1. The standard InChI is InChI=1S/C18H14N4O3/c1-12-15(16(23)19-13-8-4-2-5-9-13)22-18(24-12)20-17(21-22)25-14-10-6-3-7-11-14/h2-11H,1H3,(H,19,23). The smallest absolute Gasteiger partial charge is 0.344 e. The van der Waals surface area contributed by atoms with Gasteiger partial charge in [-0.1, -0.05) is 36.4 Å². The van der Waals surface area contributed by atoms with Crippen LogP contribution in [0, 0.1) is 6.92 Å². The first-order valence-corrected chi connectivity index (χ1v) is 7.66. The third kappa shape index (κ3) is 2.94. The molecule has 0 atom stereocenters. The van der Waals surface area contributed by atoms with E-state index in [-0.39, 0.29) is 23.5 Å². The number of aromatic nitrogens is 3. The van der Waals surface area contributed by atoms with Crippen molar-refractivity contribution in [1.29, 1.82) is 0 Å². The summed E-state index contributed by atoms with van der Waals surface area (Å²) in [6.45, 7) is 1.69. The Balaban J connectivity index is 1.64. The summed E-state index contributed by atoms with van der Waals surface area (Å²) in [5, 5.41) is 7.03. The molecule has 2 heterocycles. The first-order chi connectivity index (χ1) is 12.2. The largest absolute Gasteiger partial charge is 0.426 e. The van der Waals surface area contributed by atoms with Crippen LogP contribution < -0.4 is 10.1 Å². The first-order valence-electron chi connectivity index (χ1n) is 7.66. The van der Waals surface area contributed by atoms with Crippen LogP contribution in [-0.4, -0.2) is 20.5 Å². The second-order valence-corrected chi connectivity index (χ2v) is 5.33. The van der Waals surface area contributed by atoms with Crippen LogP contribution in [0.1, 0.15) is 16.2 Å². The molecule has 0 spiro atoms. The van der Waals surface area contributed by atoms with E-state index in [0.29, 0.717) is 17.2 Å². The minimum Gasteiger partial charge on any atom is -0.426 e. The number of para-hydroxylation sites is 2. The van der Waals surface area contributed by atoms with Gasteiger partial charge in [-0.2, -0.15) is 4.52 Å².